The van der Waals surface area contributed by atoms with Crippen LogP contribution in [-0.4, -0.2) is 17.5 Å². The Morgan fingerprint density at radius 3 is 2.76 bits per heavy atom. The molecule has 1 heterocycles. The lowest BCUT2D eigenvalue weighted by Crippen LogP contribution is -2.24. The molecule has 0 spiro atoms. The highest BCUT2D eigenvalue weighted by atomic mass is 35.5. The fourth-order valence-corrected chi connectivity index (χ4v) is 2.04. The number of nitrogens with zero attached hydrogens (tertiary/aromatic N) is 1. The molecule has 0 saturated carbocycles. The van der Waals surface area contributed by atoms with Crippen molar-refractivity contribution in [3.8, 4) is 0 Å². The van der Waals surface area contributed by atoms with Crippen molar-refractivity contribution >= 4 is 17.5 Å². The normalized spacial score (nSPS) is 10.4. The molecule has 4 nitrogen and oxygen atoms in total. The van der Waals surface area contributed by atoms with Crippen molar-refractivity contribution in [1.82, 2.24) is 10.3 Å². The molecule has 0 aliphatic heterocycles. The topological polar surface area (TPSA) is 51.2 Å². The fraction of sp³-hybridized carbons (Fsp3) is 0.250. The molecule has 1 aromatic carbocycles. The molecular formula is C16H17ClN2O2. The van der Waals surface area contributed by atoms with Gasteiger partial charge in [-0.1, -0.05) is 35.9 Å². The van der Waals surface area contributed by atoms with Crippen LogP contribution in [0.2, 0.25) is 5.02 Å². The van der Waals surface area contributed by atoms with Crippen molar-refractivity contribution in [2.45, 2.75) is 20.1 Å². The van der Waals surface area contributed by atoms with Crippen LogP contribution in [0.3, 0.4) is 0 Å². The Labute approximate surface area is 129 Å². The van der Waals surface area contributed by atoms with Crippen LogP contribution in [0, 0.1) is 0 Å². The summed E-state index contributed by atoms with van der Waals surface area (Å²) in [6.45, 7) is 3.58. The first-order chi connectivity index (χ1) is 10.2. The van der Waals surface area contributed by atoms with Gasteiger partial charge in [-0.2, -0.15) is 0 Å². The zero-order valence-corrected chi connectivity index (χ0v) is 12.6. The largest absolute Gasteiger partial charge is 0.377 e. The number of hydrogen-bond donors (Lipinski definition) is 1. The highest BCUT2D eigenvalue weighted by Crippen LogP contribution is 2.11. The van der Waals surface area contributed by atoms with Crippen LogP contribution in [0.4, 0.5) is 0 Å². The average Bonchev–Trinajstić information content (AvgIpc) is 2.51. The number of pyridine rings is 1. The van der Waals surface area contributed by atoms with Crippen LogP contribution in [0.25, 0.3) is 0 Å². The summed E-state index contributed by atoms with van der Waals surface area (Å²) in [6.07, 6.45) is 1.51. The lowest BCUT2D eigenvalue weighted by atomic mass is 10.1. The quantitative estimate of drug-likeness (QED) is 0.891. The molecule has 5 heteroatoms. The second-order valence-corrected chi connectivity index (χ2v) is 4.88. The van der Waals surface area contributed by atoms with E-state index in [0.717, 1.165) is 11.1 Å². The second-order valence-electron chi connectivity index (χ2n) is 4.45. The van der Waals surface area contributed by atoms with Gasteiger partial charge in [-0.15, -0.1) is 0 Å². The first kappa shape index (κ1) is 15.5. The number of amides is 1. The molecule has 0 bridgehead atoms. The molecule has 0 atom stereocenters. The van der Waals surface area contributed by atoms with Gasteiger partial charge in [-0.05, 0) is 30.2 Å². The van der Waals surface area contributed by atoms with Crippen LogP contribution in [0.15, 0.2) is 42.6 Å². The van der Waals surface area contributed by atoms with E-state index in [0.29, 0.717) is 30.5 Å². The number of carbonyl (C=O) groups is 1. The van der Waals surface area contributed by atoms with E-state index in [9.17, 15) is 4.79 Å². The van der Waals surface area contributed by atoms with Gasteiger partial charge >= 0.3 is 0 Å². The minimum Gasteiger partial charge on any atom is -0.377 e. The molecule has 1 amide bonds. The molecule has 1 aromatic heterocycles. The van der Waals surface area contributed by atoms with Crippen molar-refractivity contribution in [2.75, 3.05) is 6.61 Å². The lowest BCUT2D eigenvalue weighted by molar-refractivity contribution is 0.0945. The van der Waals surface area contributed by atoms with E-state index in [2.05, 4.69) is 10.3 Å². The van der Waals surface area contributed by atoms with E-state index in [-0.39, 0.29) is 5.91 Å². The molecule has 21 heavy (non-hydrogen) atoms. The molecule has 2 rings (SSSR count). The van der Waals surface area contributed by atoms with Gasteiger partial charge in [0.1, 0.15) is 5.69 Å². The summed E-state index contributed by atoms with van der Waals surface area (Å²) < 4.78 is 5.42. The first-order valence-corrected chi connectivity index (χ1v) is 7.12. The van der Waals surface area contributed by atoms with E-state index in [1.54, 1.807) is 12.1 Å². The number of rotatable bonds is 6. The number of nitrogens with one attached hydrogen (secondary N) is 1. The number of carbonyl (C=O) groups excluding carboxylic acids is 1. The molecule has 2 aromatic rings. The van der Waals surface area contributed by atoms with E-state index in [1.165, 1.54) is 6.20 Å². The number of benzene rings is 1. The molecule has 0 saturated heterocycles. The molecule has 1 N–H and O–H groups in total. The van der Waals surface area contributed by atoms with Crippen molar-refractivity contribution in [1.29, 1.82) is 0 Å². The zero-order valence-electron chi connectivity index (χ0n) is 11.8. The summed E-state index contributed by atoms with van der Waals surface area (Å²) in [5.41, 5.74) is 2.41. The zero-order chi connectivity index (χ0) is 15.1. The van der Waals surface area contributed by atoms with Crippen molar-refractivity contribution in [3.63, 3.8) is 0 Å². The molecular weight excluding hydrogens is 288 g/mol. The average molecular weight is 305 g/mol. The summed E-state index contributed by atoms with van der Waals surface area (Å²) in [7, 11) is 0. The Balaban J connectivity index is 2.01. The van der Waals surface area contributed by atoms with Crippen molar-refractivity contribution in [2.24, 2.45) is 0 Å². The summed E-state index contributed by atoms with van der Waals surface area (Å²) >= 11 is 5.85. The number of halogens is 1. The van der Waals surface area contributed by atoms with Crippen LogP contribution < -0.4 is 5.32 Å². The van der Waals surface area contributed by atoms with Gasteiger partial charge in [0.25, 0.3) is 5.91 Å². The first-order valence-electron chi connectivity index (χ1n) is 6.75. The van der Waals surface area contributed by atoms with Crippen LogP contribution in [-0.2, 0) is 17.9 Å². The summed E-state index contributed by atoms with van der Waals surface area (Å²) in [5.74, 6) is -0.247. The predicted molar refractivity (Wildman–Crippen MR) is 82.2 cm³/mol. The second kappa shape index (κ2) is 7.76. The highest BCUT2D eigenvalue weighted by Gasteiger charge is 2.08. The van der Waals surface area contributed by atoms with Gasteiger partial charge in [0.15, 0.2) is 0 Å². The molecule has 0 unspecified atom stereocenters. The number of aromatic nitrogens is 1. The number of ether oxygens (including phenoxy) is 1. The van der Waals surface area contributed by atoms with Gasteiger partial charge in [0.05, 0.1) is 6.61 Å². The maximum atomic E-state index is 12.0. The summed E-state index contributed by atoms with van der Waals surface area (Å²) in [6, 6.07) is 11.0. The Kier molecular flexibility index (Phi) is 5.72. The number of hydrogen-bond acceptors (Lipinski definition) is 3. The van der Waals surface area contributed by atoms with Gasteiger partial charge in [0.2, 0.25) is 0 Å². The predicted octanol–water partition coefficient (Wildman–Crippen LogP) is 3.20. The van der Waals surface area contributed by atoms with Crippen LogP contribution in [0.1, 0.15) is 28.5 Å². The van der Waals surface area contributed by atoms with Gasteiger partial charge < -0.3 is 10.1 Å². The molecule has 110 valence electrons. The van der Waals surface area contributed by atoms with E-state index in [1.807, 2.05) is 31.2 Å². The minimum atomic E-state index is -0.247. The monoisotopic (exact) mass is 304 g/mol. The van der Waals surface area contributed by atoms with E-state index in [4.69, 9.17) is 16.3 Å². The Hall–Kier alpha value is -1.91. The third-order valence-corrected chi connectivity index (χ3v) is 3.21. The van der Waals surface area contributed by atoms with Gasteiger partial charge in [-0.3, -0.25) is 9.78 Å². The SMILES string of the molecule is CCOCc1ccccc1CNC(=O)c1cc(Cl)ccn1. The minimum absolute atomic E-state index is 0.247. The fourth-order valence-electron chi connectivity index (χ4n) is 1.88. The maximum Gasteiger partial charge on any atom is 0.270 e. The molecule has 0 radical (unpaired) electrons. The summed E-state index contributed by atoms with van der Waals surface area (Å²) in [4.78, 5) is 16.0. The maximum absolute atomic E-state index is 12.0. The molecule has 0 aliphatic rings. The summed E-state index contributed by atoms with van der Waals surface area (Å²) in [5, 5.41) is 3.34. The van der Waals surface area contributed by atoms with E-state index >= 15 is 0 Å². The van der Waals surface area contributed by atoms with Crippen molar-refractivity contribution in [3.05, 3.63) is 64.4 Å². The Morgan fingerprint density at radius 2 is 2.05 bits per heavy atom. The molecule has 0 fully saturated rings. The van der Waals surface area contributed by atoms with E-state index < -0.39 is 0 Å². The Bertz CT molecular complexity index is 617. The third kappa shape index (κ3) is 4.55. The van der Waals surface area contributed by atoms with Crippen molar-refractivity contribution < 1.29 is 9.53 Å². The van der Waals surface area contributed by atoms with Crippen LogP contribution >= 0.6 is 11.6 Å². The Morgan fingerprint density at radius 1 is 1.29 bits per heavy atom. The highest BCUT2D eigenvalue weighted by molar-refractivity contribution is 6.30. The standard InChI is InChI=1S/C16H17ClN2O2/c1-2-21-11-13-6-4-3-5-12(13)10-19-16(20)15-9-14(17)7-8-18-15/h3-9H,2,10-11H2,1H3,(H,19,20). The van der Waals surface area contributed by atoms with Gasteiger partial charge in [-0.25, -0.2) is 0 Å². The van der Waals surface area contributed by atoms with Crippen LogP contribution in [0.5, 0.6) is 0 Å². The van der Waals surface area contributed by atoms with Gasteiger partial charge in [0, 0.05) is 24.4 Å². The molecule has 0 aliphatic carbocycles. The smallest absolute Gasteiger partial charge is 0.270 e. The third-order valence-electron chi connectivity index (χ3n) is 2.97. The lowest BCUT2D eigenvalue weighted by Gasteiger charge is -2.10.